The molecule has 136 valence electrons. The summed E-state index contributed by atoms with van der Waals surface area (Å²) in [6, 6.07) is 10.4. The summed E-state index contributed by atoms with van der Waals surface area (Å²) < 4.78 is 38.0. The molecule has 0 aliphatic rings. The van der Waals surface area contributed by atoms with Crippen molar-refractivity contribution in [2.75, 3.05) is 0 Å². The average Bonchev–Trinajstić information content (AvgIpc) is 2.56. The van der Waals surface area contributed by atoms with Gasteiger partial charge in [-0.1, -0.05) is 56.9 Å². The second kappa shape index (κ2) is 10.9. The normalized spacial score (nSPS) is 11.0. The summed E-state index contributed by atoms with van der Waals surface area (Å²) in [4.78, 5) is -0.319. The fourth-order valence-electron chi connectivity index (χ4n) is 2.62. The van der Waals surface area contributed by atoms with Gasteiger partial charge in [0.1, 0.15) is 16.4 Å². The molecule has 0 fully saturated rings. The van der Waals surface area contributed by atoms with Crippen molar-refractivity contribution >= 4 is 10.1 Å². The number of aryl methyl sites for hydroxylation is 1. The van der Waals surface area contributed by atoms with E-state index in [0.29, 0.717) is 5.75 Å². The van der Waals surface area contributed by atoms with Gasteiger partial charge in [0.2, 0.25) is 0 Å². The molecule has 5 nitrogen and oxygen atoms in total. The van der Waals surface area contributed by atoms with Gasteiger partial charge in [-0.25, -0.2) is 0 Å². The molecule has 0 spiro atoms. The van der Waals surface area contributed by atoms with Crippen LogP contribution >= 0.6 is 0 Å². The molecule has 0 saturated heterocycles. The predicted octanol–water partition coefficient (Wildman–Crippen LogP) is 1.32. The number of para-hydroxylation sites is 1. The van der Waals surface area contributed by atoms with Gasteiger partial charge in [0.05, 0.1) is 0 Å². The molecular formula is C19H23NaO5S. The van der Waals surface area contributed by atoms with Gasteiger partial charge in [-0.2, -0.15) is 8.42 Å². The summed E-state index contributed by atoms with van der Waals surface area (Å²) in [5, 5.41) is 11.7. The third kappa shape index (κ3) is 6.93. The van der Waals surface area contributed by atoms with E-state index in [4.69, 9.17) is 4.74 Å². The quantitative estimate of drug-likeness (QED) is 0.399. The molecule has 2 aromatic carbocycles. The minimum atomic E-state index is -4.41. The van der Waals surface area contributed by atoms with Crippen LogP contribution in [0.25, 0.3) is 0 Å². The Kier molecular flexibility index (Phi) is 9.68. The van der Waals surface area contributed by atoms with Gasteiger partial charge in [-0.15, -0.1) is 5.75 Å². The van der Waals surface area contributed by atoms with E-state index in [1.165, 1.54) is 43.2 Å². The zero-order valence-corrected chi connectivity index (χ0v) is 18.1. The van der Waals surface area contributed by atoms with Crippen LogP contribution < -0.4 is 39.4 Å². The van der Waals surface area contributed by atoms with Gasteiger partial charge in [-0.05, 0) is 36.6 Å². The standard InChI is InChI=1S/C19H24O5S.Na/c1-2-3-4-5-6-9-15-12-13-16(20)14-18(15)24-17-10-7-8-11-19(17)25(21,22)23;/h7-8,10-14,20H,2-6,9H2,1H3,(H,21,22,23);/q;+1/p-1. The second-order valence-electron chi connectivity index (χ2n) is 5.96. The van der Waals surface area contributed by atoms with E-state index in [-0.39, 0.29) is 46.0 Å². The van der Waals surface area contributed by atoms with E-state index in [0.717, 1.165) is 31.2 Å². The van der Waals surface area contributed by atoms with Gasteiger partial charge in [0.15, 0.2) is 0 Å². The number of unbranched alkanes of at least 4 members (excludes halogenated alkanes) is 4. The molecule has 26 heavy (non-hydrogen) atoms. The molecule has 0 bridgehead atoms. The maximum absolute atomic E-state index is 11.7. The predicted molar refractivity (Wildman–Crippen MR) is 94.7 cm³/mol. The van der Waals surface area contributed by atoms with Crippen molar-refractivity contribution in [1.82, 2.24) is 0 Å². The van der Waals surface area contributed by atoms with E-state index < -0.39 is 10.1 Å². The molecule has 0 aliphatic heterocycles. The van der Waals surface area contributed by atoms with Crippen molar-refractivity contribution in [1.29, 1.82) is 0 Å². The number of rotatable bonds is 9. The maximum atomic E-state index is 11.7. The van der Waals surface area contributed by atoms with E-state index >= 15 is 0 Å². The van der Waals surface area contributed by atoms with Gasteiger partial charge in [-0.3, -0.25) is 4.55 Å². The van der Waals surface area contributed by atoms with E-state index in [2.05, 4.69) is 6.92 Å². The van der Waals surface area contributed by atoms with Crippen molar-refractivity contribution in [3.05, 3.63) is 48.0 Å². The van der Waals surface area contributed by atoms with Crippen LogP contribution in [0.1, 0.15) is 44.6 Å². The Morgan fingerprint density at radius 3 is 2.38 bits per heavy atom. The Labute approximate surface area is 177 Å². The summed E-state index contributed by atoms with van der Waals surface area (Å²) in [5.41, 5.74) is 0.848. The van der Waals surface area contributed by atoms with Crippen molar-refractivity contribution in [3.8, 4) is 17.2 Å². The third-order valence-corrected chi connectivity index (χ3v) is 4.83. The first-order valence-corrected chi connectivity index (χ1v) is 9.90. The first-order valence-electron chi connectivity index (χ1n) is 8.46. The molecule has 0 amide bonds. The molecule has 0 heterocycles. The largest absolute Gasteiger partial charge is 1.00 e. The number of ether oxygens (including phenoxy) is 1. The van der Waals surface area contributed by atoms with Gasteiger partial charge in [0, 0.05) is 0 Å². The molecule has 0 radical (unpaired) electrons. The summed E-state index contributed by atoms with van der Waals surface area (Å²) in [6.07, 6.45) is 6.34. The van der Waals surface area contributed by atoms with Crippen molar-refractivity contribution in [2.24, 2.45) is 0 Å². The SMILES string of the molecule is CCCCCCCc1ccc([O-])cc1Oc1ccccc1S(=O)(=O)O.[Na+]. The first kappa shape index (κ1) is 23.0. The Hall–Kier alpha value is -1.05. The summed E-state index contributed by atoms with van der Waals surface area (Å²) in [7, 11) is -4.41. The van der Waals surface area contributed by atoms with Crippen LogP contribution in [0.3, 0.4) is 0 Å². The Bertz CT molecular complexity index is 805. The number of benzene rings is 2. The Morgan fingerprint density at radius 1 is 1.00 bits per heavy atom. The zero-order chi connectivity index (χ0) is 18.3. The number of hydrogen-bond acceptors (Lipinski definition) is 4. The van der Waals surface area contributed by atoms with E-state index in [1.807, 2.05) is 0 Å². The molecule has 1 N–H and O–H groups in total. The first-order chi connectivity index (χ1) is 11.9. The molecule has 0 aliphatic carbocycles. The number of hydrogen-bond donors (Lipinski definition) is 1. The molecule has 0 aromatic heterocycles. The van der Waals surface area contributed by atoms with Gasteiger partial charge in [0.25, 0.3) is 10.1 Å². The van der Waals surface area contributed by atoms with Crippen molar-refractivity contribution in [2.45, 2.75) is 50.3 Å². The van der Waals surface area contributed by atoms with E-state index in [9.17, 15) is 18.1 Å². The second-order valence-corrected chi connectivity index (χ2v) is 7.35. The van der Waals surface area contributed by atoms with Crippen LogP contribution in [-0.4, -0.2) is 13.0 Å². The molecule has 0 saturated carbocycles. The third-order valence-electron chi connectivity index (χ3n) is 3.94. The molecule has 2 rings (SSSR count). The Balaban J connectivity index is 0.00000338. The molecular weight excluding hydrogens is 363 g/mol. The molecule has 7 heteroatoms. The van der Waals surface area contributed by atoms with Crippen LogP contribution in [0, 0.1) is 0 Å². The minimum Gasteiger partial charge on any atom is -0.872 e. The van der Waals surface area contributed by atoms with Crippen LogP contribution in [0.2, 0.25) is 0 Å². The summed E-state index contributed by atoms with van der Waals surface area (Å²) >= 11 is 0. The molecule has 2 aromatic rings. The smallest absolute Gasteiger partial charge is 0.872 e. The van der Waals surface area contributed by atoms with Crippen LogP contribution in [-0.2, 0) is 16.5 Å². The van der Waals surface area contributed by atoms with Crippen molar-refractivity contribution in [3.63, 3.8) is 0 Å². The zero-order valence-electron chi connectivity index (χ0n) is 15.3. The molecule has 0 atom stereocenters. The van der Waals surface area contributed by atoms with Crippen LogP contribution in [0.15, 0.2) is 47.4 Å². The summed E-state index contributed by atoms with van der Waals surface area (Å²) in [6.45, 7) is 2.16. The average molecular weight is 386 g/mol. The monoisotopic (exact) mass is 386 g/mol. The van der Waals surface area contributed by atoms with Crippen molar-refractivity contribution < 1.29 is 52.4 Å². The summed E-state index contributed by atoms with van der Waals surface area (Å²) in [5.74, 6) is 0.121. The molecule has 0 unspecified atom stereocenters. The fourth-order valence-corrected chi connectivity index (χ4v) is 3.24. The fraction of sp³-hybridized carbons (Fsp3) is 0.368. The topological polar surface area (TPSA) is 86.7 Å². The van der Waals surface area contributed by atoms with E-state index in [1.54, 1.807) is 12.1 Å². The van der Waals surface area contributed by atoms with Crippen LogP contribution in [0.5, 0.6) is 17.2 Å². The van der Waals surface area contributed by atoms with Gasteiger partial charge < -0.3 is 9.84 Å². The minimum absolute atomic E-state index is 0. The van der Waals surface area contributed by atoms with Crippen LogP contribution in [0.4, 0.5) is 0 Å². The maximum Gasteiger partial charge on any atom is 1.00 e. The Morgan fingerprint density at radius 2 is 1.69 bits per heavy atom. The van der Waals surface area contributed by atoms with Gasteiger partial charge >= 0.3 is 29.6 Å².